The zero-order valence-electron chi connectivity index (χ0n) is 9.06. The third-order valence-electron chi connectivity index (χ3n) is 1.58. The lowest BCUT2D eigenvalue weighted by Crippen LogP contribution is -2.42. The molecule has 0 aliphatic rings. The van der Waals surface area contributed by atoms with E-state index in [1.165, 1.54) is 6.26 Å². The fraction of sp³-hybridized carbons (Fsp3) is 0.875. The quantitative estimate of drug-likeness (QED) is 0.708. The van der Waals surface area contributed by atoms with Crippen molar-refractivity contribution in [3.63, 3.8) is 0 Å². The smallest absolute Gasteiger partial charge is 0.346 e. The molecule has 0 saturated carbocycles. The molecular formula is C8H15F3N2O2S. The van der Waals surface area contributed by atoms with E-state index in [1.807, 2.05) is 0 Å². The molecule has 96 valence electrons. The summed E-state index contributed by atoms with van der Waals surface area (Å²) in [6, 6.07) is -0.178. The van der Waals surface area contributed by atoms with E-state index in [2.05, 4.69) is 5.32 Å². The Kier molecular flexibility index (Phi) is 6.58. The Labute approximate surface area is 94.4 Å². The number of hydrogen-bond donors (Lipinski definition) is 2. The first-order chi connectivity index (χ1) is 7.20. The molecule has 2 unspecified atom stereocenters. The van der Waals surface area contributed by atoms with Gasteiger partial charge in [-0.3, -0.25) is 9.00 Å². The Morgan fingerprint density at radius 3 is 2.44 bits per heavy atom. The van der Waals surface area contributed by atoms with Gasteiger partial charge in [0.05, 0.1) is 6.54 Å². The van der Waals surface area contributed by atoms with Crippen LogP contribution in [0.1, 0.15) is 6.92 Å². The third kappa shape index (κ3) is 9.91. The van der Waals surface area contributed by atoms with Crippen molar-refractivity contribution < 1.29 is 22.2 Å². The fourth-order valence-corrected chi connectivity index (χ4v) is 1.76. The molecule has 0 aromatic heterocycles. The summed E-state index contributed by atoms with van der Waals surface area (Å²) < 4.78 is 45.9. The molecule has 16 heavy (non-hydrogen) atoms. The number of nitrogens with one attached hydrogen (secondary N) is 2. The first-order valence-corrected chi connectivity index (χ1v) is 6.30. The van der Waals surface area contributed by atoms with Crippen LogP contribution in [0.4, 0.5) is 13.2 Å². The van der Waals surface area contributed by atoms with E-state index in [0.717, 1.165) is 0 Å². The lowest BCUT2D eigenvalue weighted by Gasteiger charge is -2.12. The van der Waals surface area contributed by atoms with Crippen LogP contribution in [-0.4, -0.2) is 47.4 Å². The Bertz CT molecular complexity index is 258. The van der Waals surface area contributed by atoms with Gasteiger partial charge in [-0.25, -0.2) is 0 Å². The van der Waals surface area contributed by atoms with Crippen LogP contribution in [0.15, 0.2) is 0 Å². The van der Waals surface area contributed by atoms with Crippen LogP contribution < -0.4 is 10.6 Å². The lowest BCUT2D eigenvalue weighted by atomic mass is 10.4. The highest BCUT2D eigenvalue weighted by Gasteiger charge is 2.27. The van der Waals surface area contributed by atoms with E-state index in [-0.39, 0.29) is 12.6 Å². The molecule has 0 rings (SSSR count). The maximum atomic E-state index is 11.7. The van der Waals surface area contributed by atoms with Gasteiger partial charge in [-0.2, -0.15) is 13.2 Å². The number of alkyl halides is 3. The Hall–Kier alpha value is -0.630. The van der Waals surface area contributed by atoms with Gasteiger partial charge in [0.25, 0.3) is 0 Å². The minimum absolute atomic E-state index is 0.178. The molecular weight excluding hydrogens is 245 g/mol. The average molecular weight is 260 g/mol. The second-order valence-corrected chi connectivity index (χ2v) is 4.89. The van der Waals surface area contributed by atoms with E-state index in [4.69, 9.17) is 0 Å². The Morgan fingerprint density at radius 2 is 2.00 bits per heavy atom. The molecule has 0 heterocycles. The Morgan fingerprint density at radius 1 is 1.44 bits per heavy atom. The summed E-state index contributed by atoms with van der Waals surface area (Å²) in [7, 11) is -1.00. The van der Waals surface area contributed by atoms with Crippen LogP contribution in [0, 0.1) is 0 Å². The normalized spacial score (nSPS) is 15.6. The molecule has 0 spiro atoms. The highest BCUT2D eigenvalue weighted by molar-refractivity contribution is 7.84. The minimum atomic E-state index is -4.40. The van der Waals surface area contributed by atoms with E-state index < -0.39 is 29.4 Å². The zero-order chi connectivity index (χ0) is 12.8. The highest BCUT2D eigenvalue weighted by atomic mass is 32.2. The largest absolute Gasteiger partial charge is 0.405 e. The number of carbonyl (C=O) groups is 1. The molecule has 4 nitrogen and oxygen atoms in total. The molecule has 0 radical (unpaired) electrons. The van der Waals surface area contributed by atoms with Crippen molar-refractivity contribution in [3.05, 3.63) is 0 Å². The zero-order valence-corrected chi connectivity index (χ0v) is 9.87. The summed E-state index contributed by atoms with van der Waals surface area (Å²) in [5.41, 5.74) is 0. The van der Waals surface area contributed by atoms with Crippen molar-refractivity contribution in [3.8, 4) is 0 Å². The first-order valence-electron chi connectivity index (χ1n) is 4.57. The van der Waals surface area contributed by atoms with Crippen LogP contribution in [0.5, 0.6) is 0 Å². The van der Waals surface area contributed by atoms with Crippen LogP contribution in [-0.2, 0) is 15.6 Å². The maximum absolute atomic E-state index is 11.7. The standard InChI is InChI=1S/C8H15F3N2O2S/c1-6(4-16(2)15)12-3-7(14)13-5-8(9,10)11/h6,12H,3-5H2,1-2H3,(H,13,14). The summed E-state index contributed by atoms with van der Waals surface area (Å²) in [6.45, 7) is 0.161. The second kappa shape index (κ2) is 6.85. The van der Waals surface area contributed by atoms with Gasteiger partial charge in [0.1, 0.15) is 6.54 Å². The molecule has 0 fully saturated rings. The Balaban J connectivity index is 3.69. The van der Waals surface area contributed by atoms with Gasteiger partial charge in [-0.15, -0.1) is 0 Å². The van der Waals surface area contributed by atoms with Crippen molar-refractivity contribution in [1.82, 2.24) is 10.6 Å². The molecule has 0 bridgehead atoms. The average Bonchev–Trinajstić information content (AvgIpc) is 2.09. The summed E-state index contributed by atoms with van der Waals surface area (Å²) in [6.07, 6.45) is -2.88. The van der Waals surface area contributed by atoms with Crippen molar-refractivity contribution in [2.75, 3.05) is 25.1 Å². The summed E-state index contributed by atoms with van der Waals surface area (Å²) in [5, 5.41) is 4.41. The first kappa shape index (κ1) is 15.4. The van der Waals surface area contributed by atoms with E-state index in [9.17, 15) is 22.2 Å². The van der Waals surface area contributed by atoms with E-state index >= 15 is 0 Å². The predicted octanol–water partition coefficient (Wildman–Crippen LogP) is 0.0215. The van der Waals surface area contributed by atoms with Gasteiger partial charge < -0.3 is 10.6 Å². The van der Waals surface area contributed by atoms with E-state index in [1.54, 1.807) is 12.2 Å². The molecule has 0 aromatic rings. The molecule has 0 aromatic carbocycles. The van der Waals surface area contributed by atoms with Gasteiger partial charge in [0, 0.05) is 28.9 Å². The van der Waals surface area contributed by atoms with Gasteiger partial charge >= 0.3 is 6.18 Å². The molecule has 0 saturated heterocycles. The lowest BCUT2D eigenvalue weighted by molar-refractivity contribution is -0.137. The van der Waals surface area contributed by atoms with Crippen LogP contribution in [0.25, 0.3) is 0 Å². The number of carbonyl (C=O) groups excluding carboxylic acids is 1. The number of amides is 1. The molecule has 0 aliphatic carbocycles. The van der Waals surface area contributed by atoms with Crippen molar-refractivity contribution >= 4 is 16.7 Å². The molecule has 2 atom stereocenters. The monoisotopic (exact) mass is 260 g/mol. The summed E-state index contributed by atoms with van der Waals surface area (Å²) >= 11 is 0. The van der Waals surface area contributed by atoms with Gasteiger partial charge in [0.2, 0.25) is 5.91 Å². The van der Waals surface area contributed by atoms with E-state index in [0.29, 0.717) is 5.75 Å². The summed E-state index contributed by atoms with van der Waals surface area (Å²) in [5.74, 6) is -0.377. The number of rotatable bonds is 6. The van der Waals surface area contributed by atoms with Crippen LogP contribution in [0.2, 0.25) is 0 Å². The predicted molar refractivity (Wildman–Crippen MR) is 55.5 cm³/mol. The number of halogens is 3. The second-order valence-electron chi connectivity index (χ2n) is 3.41. The van der Waals surface area contributed by atoms with Crippen molar-refractivity contribution in [2.45, 2.75) is 19.1 Å². The van der Waals surface area contributed by atoms with Crippen LogP contribution >= 0.6 is 0 Å². The summed E-state index contributed by atoms with van der Waals surface area (Å²) in [4.78, 5) is 10.9. The topological polar surface area (TPSA) is 58.2 Å². The SMILES string of the molecule is CC(CS(C)=O)NCC(=O)NCC(F)(F)F. The molecule has 8 heteroatoms. The van der Waals surface area contributed by atoms with Gasteiger partial charge in [-0.05, 0) is 6.92 Å². The van der Waals surface area contributed by atoms with Crippen molar-refractivity contribution in [1.29, 1.82) is 0 Å². The van der Waals surface area contributed by atoms with Gasteiger partial charge in [-0.1, -0.05) is 0 Å². The van der Waals surface area contributed by atoms with Gasteiger partial charge in [0.15, 0.2) is 0 Å². The maximum Gasteiger partial charge on any atom is 0.405 e. The molecule has 1 amide bonds. The molecule has 2 N–H and O–H groups in total. The third-order valence-corrected chi connectivity index (χ3v) is 2.55. The number of hydrogen-bond acceptors (Lipinski definition) is 3. The van der Waals surface area contributed by atoms with Crippen molar-refractivity contribution in [2.24, 2.45) is 0 Å². The fourth-order valence-electron chi connectivity index (χ4n) is 0.939. The minimum Gasteiger partial charge on any atom is -0.346 e. The van der Waals surface area contributed by atoms with Crippen LogP contribution in [0.3, 0.4) is 0 Å². The highest BCUT2D eigenvalue weighted by Crippen LogP contribution is 2.11. The molecule has 0 aliphatic heterocycles.